The largest absolute Gasteiger partial charge is 0.451 e. The predicted molar refractivity (Wildman–Crippen MR) is 61.5 cm³/mol. The summed E-state index contributed by atoms with van der Waals surface area (Å²) in [5.74, 6) is -1.46. The maximum Gasteiger partial charge on any atom is 0.348 e. The first kappa shape index (κ1) is 13.0. The summed E-state index contributed by atoms with van der Waals surface area (Å²) in [7, 11) is 0. The lowest BCUT2D eigenvalue weighted by Gasteiger charge is -2.02. The number of rotatable bonds is 3. The van der Waals surface area contributed by atoms with E-state index in [1.54, 1.807) is 12.2 Å². The first-order valence-electron chi connectivity index (χ1n) is 4.52. The number of esters is 1. The lowest BCUT2D eigenvalue weighted by atomic mass is 10.4. The Labute approximate surface area is 101 Å². The van der Waals surface area contributed by atoms with E-state index in [2.05, 4.69) is 4.74 Å². The summed E-state index contributed by atoms with van der Waals surface area (Å²) in [6.07, 6.45) is 0. The fraction of sp³-hybridized carbons (Fsp3) is 0.222. The Morgan fingerprint density at radius 2 is 2.12 bits per heavy atom. The Balaban J connectivity index is 2.50. The molecule has 0 bridgehead atoms. The number of nitrogen functional groups attached to an aromatic ring is 1. The third-order valence-electron chi connectivity index (χ3n) is 1.75. The fourth-order valence-corrected chi connectivity index (χ4v) is 1.81. The molecule has 0 unspecified atom stereocenters. The van der Waals surface area contributed by atoms with Gasteiger partial charge in [-0.25, -0.2) is 9.59 Å². The topological polar surface area (TPSA) is 125 Å². The van der Waals surface area contributed by atoms with Crippen molar-refractivity contribution in [3.63, 3.8) is 0 Å². The number of amides is 3. The molecular weight excluding hydrogens is 246 g/mol. The Morgan fingerprint density at radius 1 is 1.47 bits per heavy atom. The van der Waals surface area contributed by atoms with Crippen molar-refractivity contribution < 1.29 is 19.1 Å². The summed E-state index contributed by atoms with van der Waals surface area (Å²) in [6.45, 7) is 1.19. The van der Waals surface area contributed by atoms with E-state index in [-0.39, 0.29) is 0 Å². The molecule has 92 valence electrons. The van der Waals surface area contributed by atoms with Gasteiger partial charge in [-0.05, 0) is 13.0 Å². The summed E-state index contributed by atoms with van der Waals surface area (Å²) in [4.78, 5) is 33.8. The standard InChI is InChI=1S/C9H11N3O4S/c1-4-5(10)2-6(17-4)8(14)16-3-7(13)12-9(11)15/h2H,3,10H2,1H3,(H3,11,12,13,15). The van der Waals surface area contributed by atoms with Crippen molar-refractivity contribution in [1.82, 2.24) is 5.32 Å². The average molecular weight is 257 g/mol. The zero-order chi connectivity index (χ0) is 13.0. The summed E-state index contributed by atoms with van der Waals surface area (Å²) < 4.78 is 4.66. The molecule has 0 saturated heterocycles. The number of aryl methyl sites for hydroxylation is 1. The van der Waals surface area contributed by atoms with E-state index >= 15 is 0 Å². The van der Waals surface area contributed by atoms with Crippen LogP contribution in [0.4, 0.5) is 10.5 Å². The van der Waals surface area contributed by atoms with Gasteiger partial charge < -0.3 is 16.2 Å². The van der Waals surface area contributed by atoms with Gasteiger partial charge >= 0.3 is 12.0 Å². The minimum absolute atomic E-state index is 0.298. The molecule has 0 aromatic carbocycles. The van der Waals surface area contributed by atoms with Gasteiger partial charge in [-0.1, -0.05) is 0 Å². The highest BCUT2D eigenvalue weighted by atomic mass is 32.1. The molecule has 1 aromatic heterocycles. The molecule has 8 heteroatoms. The van der Waals surface area contributed by atoms with Gasteiger partial charge in [0.05, 0.1) is 0 Å². The van der Waals surface area contributed by atoms with Gasteiger partial charge in [0.15, 0.2) is 6.61 Å². The van der Waals surface area contributed by atoms with Gasteiger partial charge in [0.25, 0.3) is 5.91 Å². The minimum atomic E-state index is -0.998. The molecule has 17 heavy (non-hydrogen) atoms. The zero-order valence-corrected chi connectivity index (χ0v) is 9.80. The molecule has 0 saturated carbocycles. The van der Waals surface area contributed by atoms with Crippen molar-refractivity contribution in [2.24, 2.45) is 5.73 Å². The second-order valence-corrected chi connectivity index (χ2v) is 4.37. The molecule has 1 rings (SSSR count). The van der Waals surface area contributed by atoms with Crippen LogP contribution in [0.3, 0.4) is 0 Å². The number of thiophene rings is 1. The number of hydrogen-bond acceptors (Lipinski definition) is 6. The van der Waals surface area contributed by atoms with Crippen molar-refractivity contribution in [2.75, 3.05) is 12.3 Å². The number of imide groups is 1. The number of ether oxygens (including phenoxy) is 1. The van der Waals surface area contributed by atoms with Crippen LogP contribution < -0.4 is 16.8 Å². The molecule has 0 aliphatic rings. The van der Waals surface area contributed by atoms with Gasteiger partial charge in [0.1, 0.15) is 4.88 Å². The third kappa shape index (κ3) is 3.76. The average Bonchev–Trinajstić information content (AvgIpc) is 2.55. The quantitative estimate of drug-likeness (QED) is 0.657. The Morgan fingerprint density at radius 3 is 2.59 bits per heavy atom. The highest BCUT2D eigenvalue weighted by Crippen LogP contribution is 2.23. The lowest BCUT2D eigenvalue weighted by molar-refractivity contribution is -0.123. The number of anilines is 1. The van der Waals surface area contributed by atoms with Crippen molar-refractivity contribution in [3.05, 3.63) is 15.8 Å². The zero-order valence-electron chi connectivity index (χ0n) is 8.98. The van der Waals surface area contributed by atoms with Gasteiger partial charge in [-0.3, -0.25) is 10.1 Å². The molecule has 3 amide bonds. The molecule has 0 fully saturated rings. The lowest BCUT2D eigenvalue weighted by Crippen LogP contribution is -2.37. The fourth-order valence-electron chi connectivity index (χ4n) is 0.973. The highest BCUT2D eigenvalue weighted by molar-refractivity contribution is 7.14. The van der Waals surface area contributed by atoms with Gasteiger partial charge in [-0.2, -0.15) is 0 Å². The highest BCUT2D eigenvalue weighted by Gasteiger charge is 2.14. The van der Waals surface area contributed by atoms with E-state index in [0.717, 1.165) is 4.88 Å². The molecule has 0 aliphatic carbocycles. The monoisotopic (exact) mass is 257 g/mol. The maximum atomic E-state index is 11.4. The van der Waals surface area contributed by atoms with E-state index in [0.29, 0.717) is 10.6 Å². The van der Waals surface area contributed by atoms with E-state index in [1.807, 2.05) is 0 Å². The molecule has 0 radical (unpaired) electrons. The second kappa shape index (κ2) is 5.30. The van der Waals surface area contributed by atoms with Crippen LogP contribution in [0.25, 0.3) is 0 Å². The summed E-state index contributed by atoms with van der Waals surface area (Å²) in [5, 5.41) is 1.77. The number of carbonyl (C=O) groups is 3. The van der Waals surface area contributed by atoms with Crippen LogP contribution in [0.2, 0.25) is 0 Å². The van der Waals surface area contributed by atoms with Crippen LogP contribution in [-0.2, 0) is 9.53 Å². The van der Waals surface area contributed by atoms with Crippen LogP contribution >= 0.6 is 11.3 Å². The first-order chi connectivity index (χ1) is 7.90. The number of primary amides is 1. The number of urea groups is 1. The van der Waals surface area contributed by atoms with E-state index < -0.39 is 24.5 Å². The van der Waals surface area contributed by atoms with Crippen LogP contribution in [0.15, 0.2) is 6.07 Å². The SMILES string of the molecule is Cc1sc(C(=O)OCC(=O)NC(N)=O)cc1N. The van der Waals surface area contributed by atoms with Gasteiger partial charge in [0, 0.05) is 10.6 Å². The number of carbonyl (C=O) groups excluding carboxylic acids is 3. The number of hydrogen-bond donors (Lipinski definition) is 3. The van der Waals surface area contributed by atoms with Crippen LogP contribution in [-0.4, -0.2) is 24.5 Å². The molecule has 0 atom stereocenters. The molecule has 7 nitrogen and oxygen atoms in total. The normalized spacial score (nSPS) is 9.71. The number of nitrogens with two attached hydrogens (primary N) is 2. The molecular formula is C9H11N3O4S. The number of nitrogens with one attached hydrogen (secondary N) is 1. The minimum Gasteiger partial charge on any atom is -0.451 e. The van der Waals surface area contributed by atoms with Gasteiger partial charge in [-0.15, -0.1) is 11.3 Å². The molecule has 0 aliphatic heterocycles. The predicted octanol–water partition coefficient (Wildman–Crippen LogP) is -0.00958. The molecule has 5 N–H and O–H groups in total. The van der Waals surface area contributed by atoms with Crippen molar-refractivity contribution in [3.8, 4) is 0 Å². The first-order valence-corrected chi connectivity index (χ1v) is 5.34. The van der Waals surface area contributed by atoms with Crippen molar-refractivity contribution in [1.29, 1.82) is 0 Å². The van der Waals surface area contributed by atoms with Crippen molar-refractivity contribution in [2.45, 2.75) is 6.92 Å². The van der Waals surface area contributed by atoms with E-state index in [1.165, 1.54) is 17.4 Å². The summed E-state index contributed by atoms with van der Waals surface area (Å²) in [5.41, 5.74) is 10.8. The Hall–Kier alpha value is -2.09. The Kier molecular flexibility index (Phi) is 4.05. The van der Waals surface area contributed by atoms with Crippen LogP contribution in [0.5, 0.6) is 0 Å². The van der Waals surface area contributed by atoms with Gasteiger partial charge in [0.2, 0.25) is 0 Å². The molecule has 0 spiro atoms. The molecule has 1 heterocycles. The Bertz CT molecular complexity index is 449. The summed E-state index contributed by atoms with van der Waals surface area (Å²) in [6, 6.07) is 0.469. The third-order valence-corrected chi connectivity index (χ3v) is 2.80. The second-order valence-electron chi connectivity index (χ2n) is 3.11. The smallest absolute Gasteiger partial charge is 0.348 e. The van der Waals surface area contributed by atoms with Crippen LogP contribution in [0, 0.1) is 6.92 Å². The maximum absolute atomic E-state index is 11.4. The van der Waals surface area contributed by atoms with Crippen molar-refractivity contribution >= 4 is 34.9 Å². The van der Waals surface area contributed by atoms with Crippen LogP contribution in [0.1, 0.15) is 14.5 Å². The van der Waals surface area contributed by atoms with E-state index in [4.69, 9.17) is 11.5 Å². The summed E-state index contributed by atoms with van der Waals surface area (Å²) >= 11 is 1.17. The van der Waals surface area contributed by atoms with E-state index in [9.17, 15) is 14.4 Å². The molecule has 1 aromatic rings.